The molecule has 2 heterocycles. The Balaban J connectivity index is 1.76. The smallest absolute Gasteiger partial charge is 0.327 e. The normalized spacial score (nSPS) is 14.5. The molecule has 0 amide bonds. The van der Waals surface area contributed by atoms with Crippen molar-refractivity contribution in [3.8, 4) is 16.2 Å². The van der Waals surface area contributed by atoms with Crippen molar-refractivity contribution < 1.29 is 19.1 Å². The number of methoxy groups -OCH3 is 1. The number of ether oxygens (including phenoxy) is 2. The summed E-state index contributed by atoms with van der Waals surface area (Å²) in [7, 11) is 1.38. The number of carbonyl (C=O) groups excluding carboxylic acids is 2. The molecule has 1 aliphatic heterocycles. The molecule has 160 valence electrons. The van der Waals surface area contributed by atoms with E-state index in [1.165, 1.54) is 14.0 Å². The Labute approximate surface area is 190 Å². The SMILES string of the molecule is COC(=O)C(c1ccccc1Cl)N1CCc2sc(-c3ccccc3)c(OC(C)=O)c2C1. The lowest BCUT2D eigenvalue weighted by atomic mass is 10.00. The van der Waals surface area contributed by atoms with Crippen molar-refractivity contribution in [1.29, 1.82) is 0 Å². The number of rotatable bonds is 5. The van der Waals surface area contributed by atoms with Crippen LogP contribution in [0, 0.1) is 0 Å². The molecule has 5 nitrogen and oxygen atoms in total. The van der Waals surface area contributed by atoms with Crippen molar-refractivity contribution in [2.45, 2.75) is 25.9 Å². The second-order valence-corrected chi connectivity index (χ2v) is 8.80. The second kappa shape index (κ2) is 9.22. The van der Waals surface area contributed by atoms with Gasteiger partial charge in [0.15, 0.2) is 5.75 Å². The summed E-state index contributed by atoms with van der Waals surface area (Å²) in [6, 6.07) is 16.5. The third-order valence-electron chi connectivity index (χ3n) is 5.30. The summed E-state index contributed by atoms with van der Waals surface area (Å²) in [5.41, 5.74) is 2.64. The number of hydrogen-bond acceptors (Lipinski definition) is 6. The molecule has 2 aromatic carbocycles. The molecular weight excluding hydrogens is 434 g/mol. The molecule has 31 heavy (non-hydrogen) atoms. The van der Waals surface area contributed by atoms with Crippen LogP contribution in [0.5, 0.6) is 5.75 Å². The lowest BCUT2D eigenvalue weighted by Crippen LogP contribution is -2.38. The zero-order valence-corrected chi connectivity index (χ0v) is 18.8. The molecule has 0 aliphatic carbocycles. The third kappa shape index (κ3) is 4.37. The number of halogens is 1. The van der Waals surface area contributed by atoms with E-state index in [-0.39, 0.29) is 11.9 Å². The van der Waals surface area contributed by atoms with Crippen LogP contribution in [-0.4, -0.2) is 30.5 Å². The minimum absolute atomic E-state index is 0.370. The van der Waals surface area contributed by atoms with Crippen LogP contribution in [0.2, 0.25) is 5.02 Å². The molecule has 0 radical (unpaired) electrons. The number of esters is 2. The third-order valence-corrected chi connectivity index (χ3v) is 6.97. The molecule has 1 aromatic heterocycles. The van der Waals surface area contributed by atoms with Crippen molar-refractivity contribution in [2.75, 3.05) is 13.7 Å². The molecule has 0 N–H and O–H groups in total. The van der Waals surface area contributed by atoms with Crippen LogP contribution < -0.4 is 4.74 Å². The predicted molar refractivity (Wildman–Crippen MR) is 121 cm³/mol. The first-order valence-electron chi connectivity index (χ1n) is 9.94. The summed E-state index contributed by atoms with van der Waals surface area (Å²) in [4.78, 5) is 28.8. The molecule has 0 saturated carbocycles. The monoisotopic (exact) mass is 455 g/mol. The fourth-order valence-electron chi connectivity index (χ4n) is 3.92. The summed E-state index contributed by atoms with van der Waals surface area (Å²) < 4.78 is 10.8. The fraction of sp³-hybridized carbons (Fsp3) is 0.250. The molecule has 0 spiro atoms. The highest BCUT2D eigenvalue weighted by Crippen LogP contribution is 2.46. The first kappa shape index (κ1) is 21.6. The number of fused-ring (bicyclic) bond motifs is 1. The highest BCUT2D eigenvalue weighted by molar-refractivity contribution is 7.16. The Hall–Kier alpha value is -2.67. The van der Waals surface area contributed by atoms with Crippen LogP contribution in [-0.2, 0) is 27.3 Å². The molecule has 1 aliphatic rings. The van der Waals surface area contributed by atoms with Crippen LogP contribution >= 0.6 is 22.9 Å². The van der Waals surface area contributed by atoms with Crippen LogP contribution in [0.25, 0.3) is 10.4 Å². The van der Waals surface area contributed by atoms with Gasteiger partial charge in [0.2, 0.25) is 0 Å². The molecule has 0 fully saturated rings. The Morgan fingerprint density at radius 3 is 2.48 bits per heavy atom. The van der Waals surface area contributed by atoms with E-state index >= 15 is 0 Å². The summed E-state index contributed by atoms with van der Waals surface area (Å²) in [5, 5.41) is 0.513. The van der Waals surface area contributed by atoms with Gasteiger partial charge in [-0.3, -0.25) is 9.69 Å². The van der Waals surface area contributed by atoms with Crippen LogP contribution in [0.3, 0.4) is 0 Å². The fourth-order valence-corrected chi connectivity index (χ4v) is 5.39. The standard InChI is InChI=1S/C24H22ClNO4S/c1-15(27)30-22-18-14-26(21(24(28)29-2)17-10-6-7-11-19(17)25)13-12-20(18)31-23(22)16-8-4-3-5-9-16/h3-11,21H,12-14H2,1-2H3. The molecule has 0 bridgehead atoms. The largest absolute Gasteiger partial charge is 0.468 e. The number of nitrogens with zero attached hydrogens (tertiary/aromatic N) is 1. The highest BCUT2D eigenvalue weighted by atomic mass is 35.5. The predicted octanol–water partition coefficient (Wildman–Crippen LogP) is 5.27. The average molecular weight is 456 g/mol. The zero-order valence-electron chi connectivity index (χ0n) is 17.3. The van der Waals surface area contributed by atoms with Gasteiger partial charge in [0.05, 0.1) is 12.0 Å². The van der Waals surface area contributed by atoms with Gasteiger partial charge in [-0.15, -0.1) is 11.3 Å². The number of thiophene rings is 1. The minimum atomic E-state index is -0.642. The van der Waals surface area contributed by atoms with E-state index in [4.69, 9.17) is 21.1 Å². The van der Waals surface area contributed by atoms with Crippen LogP contribution in [0.15, 0.2) is 54.6 Å². The molecule has 7 heteroatoms. The Bertz CT molecular complexity index is 1110. The second-order valence-electron chi connectivity index (χ2n) is 7.29. The van der Waals surface area contributed by atoms with E-state index in [1.54, 1.807) is 17.4 Å². The van der Waals surface area contributed by atoms with E-state index < -0.39 is 6.04 Å². The van der Waals surface area contributed by atoms with Gasteiger partial charge in [-0.25, -0.2) is 4.79 Å². The molecule has 4 rings (SSSR count). The van der Waals surface area contributed by atoms with Crippen molar-refractivity contribution in [1.82, 2.24) is 4.90 Å². The lowest BCUT2D eigenvalue weighted by Gasteiger charge is -2.33. The summed E-state index contributed by atoms with van der Waals surface area (Å²) in [6.07, 6.45) is 0.735. The van der Waals surface area contributed by atoms with Gasteiger partial charge in [-0.05, 0) is 23.6 Å². The number of benzene rings is 2. The maximum atomic E-state index is 12.8. The van der Waals surface area contributed by atoms with Gasteiger partial charge in [0.1, 0.15) is 6.04 Å². The van der Waals surface area contributed by atoms with Gasteiger partial charge in [-0.2, -0.15) is 0 Å². The number of carbonyl (C=O) groups is 2. The Morgan fingerprint density at radius 1 is 1.10 bits per heavy atom. The van der Waals surface area contributed by atoms with Crippen molar-refractivity contribution in [2.24, 2.45) is 0 Å². The van der Waals surface area contributed by atoms with Crippen molar-refractivity contribution in [3.05, 3.63) is 75.6 Å². The van der Waals surface area contributed by atoms with E-state index in [9.17, 15) is 9.59 Å². The summed E-state index contributed by atoms with van der Waals surface area (Å²) >= 11 is 8.06. The van der Waals surface area contributed by atoms with Crippen molar-refractivity contribution in [3.63, 3.8) is 0 Å². The van der Waals surface area contributed by atoms with E-state index in [1.807, 2.05) is 53.4 Å². The quantitative estimate of drug-likeness (QED) is 0.491. The van der Waals surface area contributed by atoms with Gasteiger partial charge in [-0.1, -0.05) is 60.1 Å². The average Bonchev–Trinajstić information content (AvgIpc) is 3.13. The number of hydrogen-bond donors (Lipinski definition) is 0. The summed E-state index contributed by atoms with van der Waals surface area (Å²) in [5.74, 6) is -0.166. The zero-order chi connectivity index (χ0) is 22.0. The lowest BCUT2D eigenvalue weighted by molar-refractivity contribution is -0.147. The summed E-state index contributed by atoms with van der Waals surface area (Å²) in [6.45, 7) is 2.51. The topological polar surface area (TPSA) is 55.8 Å². The van der Waals surface area contributed by atoms with Crippen LogP contribution in [0.4, 0.5) is 0 Å². The molecule has 0 saturated heterocycles. The highest BCUT2D eigenvalue weighted by Gasteiger charge is 2.35. The van der Waals surface area contributed by atoms with Gasteiger partial charge in [0.25, 0.3) is 0 Å². The van der Waals surface area contributed by atoms with Gasteiger partial charge >= 0.3 is 11.9 Å². The molecular formula is C24H22ClNO4S. The van der Waals surface area contributed by atoms with Crippen LogP contribution in [0.1, 0.15) is 29.0 Å². The maximum Gasteiger partial charge on any atom is 0.327 e. The maximum absolute atomic E-state index is 12.8. The van der Waals surface area contributed by atoms with Crippen molar-refractivity contribution >= 4 is 34.9 Å². The van der Waals surface area contributed by atoms with E-state index in [0.29, 0.717) is 29.4 Å². The minimum Gasteiger partial charge on any atom is -0.468 e. The molecule has 3 aromatic rings. The first-order valence-corrected chi connectivity index (χ1v) is 11.1. The van der Waals surface area contributed by atoms with E-state index in [0.717, 1.165) is 27.3 Å². The molecule has 1 unspecified atom stereocenters. The van der Waals surface area contributed by atoms with Gasteiger partial charge in [0, 0.05) is 35.5 Å². The van der Waals surface area contributed by atoms with E-state index in [2.05, 4.69) is 0 Å². The molecule has 1 atom stereocenters. The first-order chi connectivity index (χ1) is 15.0. The Kier molecular flexibility index (Phi) is 6.41. The van der Waals surface area contributed by atoms with Gasteiger partial charge < -0.3 is 9.47 Å². The Morgan fingerprint density at radius 2 is 1.81 bits per heavy atom.